The van der Waals surface area contributed by atoms with Crippen molar-refractivity contribution in [2.75, 3.05) is 12.4 Å². The molecule has 86 valence electrons. The molecule has 0 radical (unpaired) electrons. The molecule has 2 rings (SSSR count). The molecule has 1 aliphatic heterocycles. The molecule has 3 nitrogen and oxygen atoms in total. The molecule has 15 heavy (non-hydrogen) atoms. The van der Waals surface area contributed by atoms with Crippen LogP contribution in [0.5, 0.6) is 0 Å². The third kappa shape index (κ3) is 2.67. The fraction of sp³-hybridized carbons (Fsp3) is 0.909. The van der Waals surface area contributed by atoms with E-state index in [1.165, 1.54) is 0 Å². The quantitative estimate of drug-likeness (QED) is 0.763. The average molecular weight is 229 g/mol. The molecule has 0 bridgehead atoms. The Labute approximate surface area is 95.0 Å². The van der Waals surface area contributed by atoms with Crippen LogP contribution in [-0.4, -0.2) is 34.7 Å². The van der Waals surface area contributed by atoms with Crippen LogP contribution in [0.2, 0.25) is 0 Å². The second-order valence-corrected chi connectivity index (χ2v) is 5.80. The van der Waals surface area contributed by atoms with Crippen LogP contribution in [0.4, 0.5) is 0 Å². The fourth-order valence-electron chi connectivity index (χ4n) is 2.51. The maximum absolute atomic E-state index is 11.8. The zero-order valence-electron chi connectivity index (χ0n) is 8.95. The lowest BCUT2D eigenvalue weighted by molar-refractivity contribution is -0.121. The summed E-state index contributed by atoms with van der Waals surface area (Å²) in [5.41, 5.74) is 0. The van der Waals surface area contributed by atoms with E-state index < -0.39 is 0 Å². The predicted molar refractivity (Wildman–Crippen MR) is 61.8 cm³/mol. The first-order valence-electron chi connectivity index (χ1n) is 5.84. The van der Waals surface area contributed by atoms with Crippen LogP contribution in [0.1, 0.15) is 32.1 Å². The molecule has 1 amide bonds. The Kier molecular flexibility index (Phi) is 3.92. The first kappa shape index (κ1) is 11.3. The zero-order chi connectivity index (χ0) is 10.7. The molecule has 2 fully saturated rings. The summed E-state index contributed by atoms with van der Waals surface area (Å²) in [7, 11) is 0. The summed E-state index contributed by atoms with van der Waals surface area (Å²) < 4.78 is 0. The van der Waals surface area contributed by atoms with Gasteiger partial charge in [0.05, 0.1) is 5.25 Å². The molecule has 2 aliphatic rings. The van der Waals surface area contributed by atoms with Crippen molar-refractivity contribution in [1.29, 1.82) is 0 Å². The van der Waals surface area contributed by atoms with Crippen molar-refractivity contribution >= 4 is 17.7 Å². The van der Waals surface area contributed by atoms with Crippen molar-refractivity contribution in [2.24, 2.45) is 5.92 Å². The summed E-state index contributed by atoms with van der Waals surface area (Å²) in [6, 6.07) is 0.226. The predicted octanol–water partition coefficient (Wildman–Crippen LogP) is 1.16. The van der Waals surface area contributed by atoms with Gasteiger partial charge < -0.3 is 10.4 Å². The van der Waals surface area contributed by atoms with E-state index in [4.69, 9.17) is 5.11 Å². The van der Waals surface area contributed by atoms with Crippen molar-refractivity contribution < 1.29 is 9.90 Å². The van der Waals surface area contributed by atoms with Gasteiger partial charge in [-0.1, -0.05) is 6.42 Å². The highest BCUT2D eigenvalue weighted by molar-refractivity contribution is 8.00. The minimum atomic E-state index is 0.171. The molecule has 3 unspecified atom stereocenters. The van der Waals surface area contributed by atoms with Crippen molar-refractivity contribution in [3.63, 3.8) is 0 Å². The lowest BCUT2D eigenvalue weighted by Gasteiger charge is -2.20. The van der Waals surface area contributed by atoms with Gasteiger partial charge in [0.2, 0.25) is 5.91 Å². The Hall–Kier alpha value is -0.220. The molecule has 1 heterocycles. The van der Waals surface area contributed by atoms with Crippen molar-refractivity contribution in [3.05, 3.63) is 0 Å². The van der Waals surface area contributed by atoms with E-state index in [1.807, 2.05) is 0 Å². The van der Waals surface area contributed by atoms with E-state index in [9.17, 15) is 4.79 Å². The van der Waals surface area contributed by atoms with Crippen LogP contribution < -0.4 is 5.32 Å². The van der Waals surface area contributed by atoms with Gasteiger partial charge in [-0.2, -0.15) is 0 Å². The van der Waals surface area contributed by atoms with Crippen molar-refractivity contribution in [1.82, 2.24) is 5.32 Å². The van der Waals surface area contributed by atoms with Gasteiger partial charge >= 0.3 is 0 Å². The van der Waals surface area contributed by atoms with E-state index in [2.05, 4.69) is 5.32 Å². The highest BCUT2D eigenvalue weighted by Crippen LogP contribution is 2.29. The Morgan fingerprint density at radius 3 is 2.87 bits per heavy atom. The number of aliphatic hydroxyl groups is 1. The summed E-state index contributed by atoms with van der Waals surface area (Å²) in [5.74, 6) is 1.61. The monoisotopic (exact) mass is 229 g/mol. The van der Waals surface area contributed by atoms with Gasteiger partial charge in [0.1, 0.15) is 0 Å². The lowest BCUT2D eigenvalue weighted by Crippen LogP contribution is -2.42. The van der Waals surface area contributed by atoms with Crippen LogP contribution in [0, 0.1) is 5.92 Å². The maximum Gasteiger partial charge on any atom is 0.233 e. The molecule has 1 aliphatic carbocycles. The number of amides is 1. The smallest absolute Gasteiger partial charge is 0.233 e. The van der Waals surface area contributed by atoms with Crippen LogP contribution in [-0.2, 0) is 4.79 Å². The first-order chi connectivity index (χ1) is 7.31. The summed E-state index contributed by atoms with van der Waals surface area (Å²) in [4.78, 5) is 11.8. The third-order valence-electron chi connectivity index (χ3n) is 3.44. The highest BCUT2D eigenvalue weighted by atomic mass is 32.2. The number of aliphatic hydroxyl groups excluding tert-OH is 1. The molecule has 4 heteroatoms. The Bertz CT molecular complexity index is 229. The standard InChI is InChI=1S/C11H19NO2S/c13-7-8-3-1-4-9(8)12-11(14)10-5-2-6-15-10/h8-10,13H,1-7H2,(H,12,14). The number of carbonyl (C=O) groups is 1. The second-order valence-electron chi connectivity index (χ2n) is 4.49. The van der Waals surface area contributed by atoms with Gasteiger partial charge in [0.25, 0.3) is 0 Å². The molecule has 0 aromatic rings. The third-order valence-corrected chi connectivity index (χ3v) is 4.82. The Morgan fingerprint density at radius 2 is 2.20 bits per heavy atom. The van der Waals surface area contributed by atoms with Crippen LogP contribution >= 0.6 is 11.8 Å². The molecule has 3 atom stereocenters. The van der Waals surface area contributed by atoms with Crippen LogP contribution in [0.3, 0.4) is 0 Å². The largest absolute Gasteiger partial charge is 0.396 e. The van der Waals surface area contributed by atoms with E-state index in [1.54, 1.807) is 11.8 Å². The van der Waals surface area contributed by atoms with E-state index in [0.29, 0.717) is 5.92 Å². The number of nitrogens with one attached hydrogen (secondary N) is 1. The molecule has 1 saturated heterocycles. The minimum absolute atomic E-state index is 0.171. The first-order valence-corrected chi connectivity index (χ1v) is 6.89. The SMILES string of the molecule is O=C(NC1CCCC1CO)C1CCCS1. The van der Waals surface area contributed by atoms with Crippen molar-refractivity contribution in [3.8, 4) is 0 Å². The molecular weight excluding hydrogens is 210 g/mol. The molecule has 2 N–H and O–H groups in total. The normalized spacial score (nSPS) is 35.7. The van der Waals surface area contributed by atoms with Crippen LogP contribution in [0.15, 0.2) is 0 Å². The number of carbonyl (C=O) groups excluding carboxylic acids is 1. The van der Waals surface area contributed by atoms with E-state index >= 15 is 0 Å². The highest BCUT2D eigenvalue weighted by Gasteiger charge is 2.31. The average Bonchev–Trinajstić information content (AvgIpc) is 2.87. The number of thioether (sulfide) groups is 1. The molecule has 1 saturated carbocycles. The Morgan fingerprint density at radius 1 is 1.33 bits per heavy atom. The fourth-order valence-corrected chi connectivity index (χ4v) is 3.68. The second kappa shape index (κ2) is 5.21. The number of hydrogen-bond donors (Lipinski definition) is 2. The van der Waals surface area contributed by atoms with Gasteiger partial charge in [-0.3, -0.25) is 4.79 Å². The molecule has 0 aromatic heterocycles. The van der Waals surface area contributed by atoms with Gasteiger partial charge in [0, 0.05) is 18.6 Å². The summed E-state index contributed by atoms with van der Waals surface area (Å²) in [6.07, 6.45) is 5.41. The number of hydrogen-bond acceptors (Lipinski definition) is 3. The molecule has 0 aromatic carbocycles. The van der Waals surface area contributed by atoms with Gasteiger partial charge in [-0.05, 0) is 31.4 Å². The van der Waals surface area contributed by atoms with Crippen molar-refractivity contribution in [2.45, 2.75) is 43.4 Å². The lowest BCUT2D eigenvalue weighted by atomic mass is 10.0. The summed E-state index contributed by atoms with van der Waals surface area (Å²) in [6.45, 7) is 0.211. The molecular formula is C11H19NO2S. The van der Waals surface area contributed by atoms with Gasteiger partial charge in [0.15, 0.2) is 0 Å². The van der Waals surface area contributed by atoms with Gasteiger partial charge in [-0.25, -0.2) is 0 Å². The topological polar surface area (TPSA) is 49.3 Å². The van der Waals surface area contributed by atoms with E-state index in [-0.39, 0.29) is 23.8 Å². The van der Waals surface area contributed by atoms with Gasteiger partial charge in [-0.15, -0.1) is 11.8 Å². The maximum atomic E-state index is 11.8. The summed E-state index contributed by atoms with van der Waals surface area (Å²) in [5, 5.41) is 12.4. The number of rotatable bonds is 3. The van der Waals surface area contributed by atoms with Crippen LogP contribution in [0.25, 0.3) is 0 Å². The molecule has 0 spiro atoms. The Balaban J connectivity index is 1.82. The summed E-state index contributed by atoms with van der Waals surface area (Å²) >= 11 is 1.77. The zero-order valence-corrected chi connectivity index (χ0v) is 9.76. The minimum Gasteiger partial charge on any atom is -0.396 e. The van der Waals surface area contributed by atoms with E-state index in [0.717, 1.165) is 37.9 Å².